The number of hydrogen-bond donors (Lipinski definition) is 1. The Morgan fingerprint density at radius 3 is 2.52 bits per heavy atom. The van der Waals surface area contributed by atoms with Crippen molar-refractivity contribution in [3.8, 4) is 0 Å². The monoisotopic (exact) mass is 316 g/mol. The molecule has 0 aliphatic rings. The van der Waals surface area contributed by atoms with Crippen LogP contribution in [0, 0.1) is 5.13 Å². The Balaban J connectivity index is 2.10. The van der Waals surface area contributed by atoms with Crippen LogP contribution in [0.5, 0.6) is 0 Å². The molecule has 0 unspecified atom stereocenters. The zero-order valence-electron chi connectivity index (χ0n) is 10.3. The summed E-state index contributed by atoms with van der Waals surface area (Å²) in [5.74, 6) is -0.690. The van der Waals surface area contributed by atoms with E-state index >= 15 is 0 Å². The van der Waals surface area contributed by atoms with Crippen LogP contribution in [-0.2, 0) is 6.18 Å². The van der Waals surface area contributed by atoms with E-state index in [2.05, 4.69) is 5.10 Å². The molecular weight excluding hydrogens is 308 g/mol. The lowest BCUT2D eigenvalue weighted by atomic mass is 10.1. The van der Waals surface area contributed by atoms with E-state index in [0.717, 1.165) is 18.3 Å². The highest BCUT2D eigenvalue weighted by Crippen LogP contribution is 2.31. The molecule has 21 heavy (non-hydrogen) atoms. The van der Waals surface area contributed by atoms with Gasteiger partial charge in [0.25, 0.3) is 5.91 Å². The number of nitrogens with one attached hydrogen (secondary N) is 1. The summed E-state index contributed by atoms with van der Waals surface area (Å²) in [5.41, 5.74) is 1.01. The molecule has 0 saturated carbocycles. The SMILES string of the molecule is O=C(N/N=C/c1ccccc1C(F)(F)F)c1ccc(F)s1. The zero-order valence-corrected chi connectivity index (χ0v) is 11.1. The van der Waals surface area contributed by atoms with E-state index in [4.69, 9.17) is 0 Å². The first-order valence-corrected chi connectivity index (χ1v) is 6.44. The lowest BCUT2D eigenvalue weighted by Crippen LogP contribution is -2.16. The maximum atomic E-state index is 12.7. The van der Waals surface area contributed by atoms with E-state index < -0.39 is 22.8 Å². The van der Waals surface area contributed by atoms with Gasteiger partial charge in [-0.25, -0.2) is 5.43 Å². The first kappa shape index (κ1) is 15.2. The average Bonchev–Trinajstić information content (AvgIpc) is 2.85. The number of nitrogens with zero attached hydrogens (tertiary/aromatic N) is 1. The van der Waals surface area contributed by atoms with Crippen LogP contribution < -0.4 is 5.43 Å². The first-order chi connectivity index (χ1) is 9.88. The Morgan fingerprint density at radius 1 is 1.19 bits per heavy atom. The fourth-order valence-electron chi connectivity index (χ4n) is 1.52. The van der Waals surface area contributed by atoms with Crippen molar-refractivity contribution in [2.75, 3.05) is 0 Å². The van der Waals surface area contributed by atoms with Crippen LogP contribution in [0.15, 0.2) is 41.5 Å². The lowest BCUT2D eigenvalue weighted by molar-refractivity contribution is -0.137. The molecule has 0 radical (unpaired) electrons. The number of benzene rings is 1. The van der Waals surface area contributed by atoms with Gasteiger partial charge in [-0.05, 0) is 18.2 Å². The van der Waals surface area contributed by atoms with E-state index in [1.54, 1.807) is 0 Å². The van der Waals surface area contributed by atoms with Gasteiger partial charge in [-0.2, -0.15) is 22.7 Å². The summed E-state index contributed by atoms with van der Waals surface area (Å²) in [6.07, 6.45) is -3.62. The summed E-state index contributed by atoms with van der Waals surface area (Å²) in [4.78, 5) is 11.6. The molecule has 0 spiro atoms. The number of halogens is 4. The smallest absolute Gasteiger partial charge is 0.266 e. The minimum Gasteiger partial charge on any atom is -0.266 e. The minimum atomic E-state index is -4.51. The summed E-state index contributed by atoms with van der Waals surface area (Å²) in [7, 11) is 0. The lowest BCUT2D eigenvalue weighted by Gasteiger charge is -2.09. The number of alkyl halides is 3. The number of rotatable bonds is 3. The molecule has 0 aliphatic carbocycles. The van der Waals surface area contributed by atoms with Crippen molar-refractivity contribution in [3.05, 3.63) is 57.5 Å². The number of thiophene rings is 1. The number of carbonyl (C=O) groups excluding carboxylic acids is 1. The third-order valence-corrected chi connectivity index (χ3v) is 3.31. The second-order valence-electron chi connectivity index (χ2n) is 3.89. The number of carbonyl (C=O) groups is 1. The van der Waals surface area contributed by atoms with Gasteiger partial charge in [0.15, 0.2) is 5.13 Å². The molecule has 1 N–H and O–H groups in total. The first-order valence-electron chi connectivity index (χ1n) is 5.63. The van der Waals surface area contributed by atoms with Gasteiger partial charge in [0.2, 0.25) is 0 Å². The molecular formula is C13H8F4N2OS. The largest absolute Gasteiger partial charge is 0.417 e. The molecule has 110 valence electrons. The maximum absolute atomic E-state index is 12.7. The molecule has 2 aromatic rings. The van der Waals surface area contributed by atoms with Crippen molar-refractivity contribution < 1.29 is 22.4 Å². The predicted octanol–water partition coefficient (Wildman–Crippen LogP) is 3.67. The van der Waals surface area contributed by atoms with Crippen LogP contribution in [0.25, 0.3) is 0 Å². The van der Waals surface area contributed by atoms with Crippen molar-refractivity contribution in [1.29, 1.82) is 0 Å². The van der Waals surface area contributed by atoms with Gasteiger partial charge in [0.1, 0.15) is 0 Å². The molecule has 1 aromatic carbocycles. The standard InChI is InChI=1S/C13H8F4N2OS/c14-11-6-5-10(21-11)12(20)19-18-7-8-3-1-2-4-9(8)13(15,16)17/h1-7H,(H,19,20)/b18-7+. The van der Waals surface area contributed by atoms with Crippen molar-refractivity contribution in [2.24, 2.45) is 5.10 Å². The summed E-state index contributed by atoms with van der Waals surface area (Å²) >= 11 is 0.617. The Hall–Kier alpha value is -2.22. The quantitative estimate of drug-likeness (QED) is 0.524. The molecule has 1 heterocycles. The Morgan fingerprint density at radius 2 is 1.90 bits per heavy atom. The van der Waals surface area contributed by atoms with Crippen LogP contribution >= 0.6 is 11.3 Å². The molecule has 0 fully saturated rings. The molecule has 1 aromatic heterocycles. The van der Waals surface area contributed by atoms with E-state index in [1.807, 2.05) is 5.43 Å². The molecule has 8 heteroatoms. The molecule has 3 nitrogen and oxygen atoms in total. The number of hydrogen-bond acceptors (Lipinski definition) is 3. The summed E-state index contributed by atoms with van der Waals surface area (Å²) in [6, 6.07) is 7.19. The van der Waals surface area contributed by atoms with Gasteiger partial charge in [0, 0.05) is 5.56 Å². The highest BCUT2D eigenvalue weighted by Gasteiger charge is 2.32. The van der Waals surface area contributed by atoms with Gasteiger partial charge < -0.3 is 0 Å². The molecule has 0 saturated heterocycles. The zero-order chi connectivity index (χ0) is 15.5. The number of amides is 1. The Bertz CT molecular complexity index is 679. The Kier molecular flexibility index (Phi) is 4.37. The molecule has 0 atom stereocenters. The van der Waals surface area contributed by atoms with Crippen molar-refractivity contribution in [3.63, 3.8) is 0 Å². The van der Waals surface area contributed by atoms with E-state index in [0.29, 0.717) is 11.3 Å². The van der Waals surface area contributed by atoms with Crippen LogP contribution in [0.1, 0.15) is 20.8 Å². The molecule has 0 bridgehead atoms. The molecule has 1 amide bonds. The second-order valence-corrected chi connectivity index (χ2v) is 4.92. The minimum absolute atomic E-state index is 0.0776. The van der Waals surface area contributed by atoms with Crippen LogP contribution in [0.3, 0.4) is 0 Å². The summed E-state index contributed by atoms with van der Waals surface area (Å²) in [6.45, 7) is 0. The highest BCUT2D eigenvalue weighted by molar-refractivity contribution is 7.12. The van der Waals surface area contributed by atoms with Crippen LogP contribution in [0.2, 0.25) is 0 Å². The Labute approximate surface area is 120 Å². The summed E-state index contributed by atoms with van der Waals surface area (Å²) < 4.78 is 50.9. The second kappa shape index (κ2) is 6.04. The van der Waals surface area contributed by atoms with Gasteiger partial charge in [-0.3, -0.25) is 4.79 Å². The van der Waals surface area contributed by atoms with Crippen molar-refractivity contribution in [1.82, 2.24) is 5.43 Å². The summed E-state index contributed by atoms with van der Waals surface area (Å²) in [5, 5.41) is 2.93. The van der Waals surface area contributed by atoms with Crippen molar-refractivity contribution >= 4 is 23.5 Å². The normalized spacial score (nSPS) is 11.8. The van der Waals surface area contributed by atoms with Gasteiger partial charge >= 0.3 is 6.18 Å². The predicted molar refractivity (Wildman–Crippen MR) is 70.8 cm³/mol. The fraction of sp³-hybridized carbons (Fsp3) is 0.0769. The highest BCUT2D eigenvalue weighted by atomic mass is 32.1. The molecule has 2 rings (SSSR count). The third kappa shape index (κ3) is 3.88. The van der Waals surface area contributed by atoms with Crippen LogP contribution in [0.4, 0.5) is 17.6 Å². The van der Waals surface area contributed by atoms with Gasteiger partial charge in [-0.1, -0.05) is 18.2 Å². The average molecular weight is 316 g/mol. The fourth-order valence-corrected chi connectivity index (χ4v) is 2.14. The number of hydrazone groups is 1. The topological polar surface area (TPSA) is 41.5 Å². The van der Waals surface area contributed by atoms with Crippen LogP contribution in [-0.4, -0.2) is 12.1 Å². The van der Waals surface area contributed by atoms with Gasteiger partial charge in [0.05, 0.1) is 16.7 Å². The third-order valence-electron chi connectivity index (χ3n) is 2.43. The van der Waals surface area contributed by atoms with E-state index in [9.17, 15) is 22.4 Å². The van der Waals surface area contributed by atoms with Crippen molar-refractivity contribution in [2.45, 2.75) is 6.18 Å². The molecule has 0 aliphatic heterocycles. The van der Waals surface area contributed by atoms with E-state index in [-0.39, 0.29) is 10.4 Å². The maximum Gasteiger partial charge on any atom is 0.417 e. The van der Waals surface area contributed by atoms with E-state index in [1.165, 1.54) is 24.3 Å². The van der Waals surface area contributed by atoms with Gasteiger partial charge in [-0.15, -0.1) is 11.3 Å².